The maximum absolute atomic E-state index is 14.8. The van der Waals surface area contributed by atoms with E-state index >= 15 is 0 Å². The number of aryl methyl sites for hydroxylation is 1. The number of benzene rings is 3. The SMILES string of the molecule is CC#Cc1cccc(-c2csc(C3(C)CC4(CC(C(C)=O)C4)OC(N)=N3)c2)c1.CC#Cc1cccc(-c2csc(C3(C)CC4(CC(C(C)=O)C4)SC(N)=N3)c2)c1.CC1(c2cc(NC(=O)c3ccc(F)cn3)ccc2F)CC2(CS(=O)(=O)C2)SC(N)=N1.[C-]#[N+]c1cncc(-c2cc(C)c(C3(C)CC4(CS(=O)(=O)C4)SC(N)=N3)s2)c1. The molecule has 0 radical (unpaired) electrons. The molecule has 2 saturated carbocycles. The van der Waals surface area contributed by atoms with Crippen molar-refractivity contribution in [2.45, 2.75) is 156 Å². The number of sulfone groups is 2. The summed E-state index contributed by atoms with van der Waals surface area (Å²) in [5.74, 6) is 11.5. The molecule has 2 saturated heterocycles. The molecule has 9 N–H and O–H groups in total. The number of ketones is 2. The predicted octanol–water partition coefficient (Wildman–Crippen LogP) is 15.6. The van der Waals surface area contributed by atoms with Crippen molar-refractivity contribution in [3.8, 4) is 56.4 Å². The molecule has 586 valence electrons. The highest BCUT2D eigenvalue weighted by atomic mass is 32.2. The van der Waals surface area contributed by atoms with Crippen LogP contribution in [0.1, 0.15) is 154 Å². The highest BCUT2D eigenvalue weighted by Gasteiger charge is 2.59. The molecule has 8 aromatic rings. The van der Waals surface area contributed by atoms with E-state index in [1.165, 1.54) is 63.8 Å². The van der Waals surface area contributed by atoms with Crippen LogP contribution in [0.25, 0.3) is 37.5 Å². The van der Waals surface area contributed by atoms with Crippen LogP contribution in [-0.4, -0.2) is 109 Å². The van der Waals surface area contributed by atoms with E-state index < -0.39 is 58.6 Å². The number of carbonyl (C=O) groups excluding carboxylic acids is 3. The smallest absolute Gasteiger partial charge is 0.283 e. The van der Waals surface area contributed by atoms with Crippen molar-refractivity contribution in [2.24, 2.45) is 54.7 Å². The molecule has 20 nitrogen and oxygen atoms in total. The lowest BCUT2D eigenvalue weighted by atomic mass is 9.64. The van der Waals surface area contributed by atoms with Gasteiger partial charge in [0.1, 0.15) is 40.0 Å². The highest BCUT2D eigenvalue weighted by Crippen LogP contribution is 2.60. The standard InChI is InChI=1S/C23H24N2O2S.C23H24N2OS2.C19H18F2N4O3S2.C18H18N4O2S3/c1-4-6-16-7-5-8-17(9-16)18-10-20(28-13-18)22(3)14-23(27-21(24)25-22)11-19(12-23)15(2)26;1-4-6-16-7-5-8-17(9-16)18-10-20(27-13-18)22(3)14-23(28-21(24)25-22)11-19(12-23)15(2)26;1-18(8-19(29-17(22)25-18)9-30(27,28)10-19)13-6-12(3-4-14(13)21)24-16(26)15-5-2-11(20)7-23-15;1-11-4-14(12-5-13(20-3)7-21-6-12)25-15(11)17(2)8-18(26-16(19)22-17)9-27(23,24)10-18/h2*5,7-10,13,19H,11-12,14H2,1-3H3,(H2,24,25);2-7H,8-10H2,1H3,(H2,22,25)(H,24,26);4-7H,8-10H2,1-2H3,(H2,19,22). The van der Waals surface area contributed by atoms with Gasteiger partial charge in [-0.15, -0.1) is 45.9 Å². The van der Waals surface area contributed by atoms with E-state index in [9.17, 15) is 40.0 Å². The summed E-state index contributed by atoms with van der Waals surface area (Å²) in [6, 6.07) is 31.5. The molecule has 5 aromatic heterocycles. The Morgan fingerprint density at radius 1 is 0.593 bits per heavy atom. The molecule has 4 unspecified atom stereocenters. The quantitative estimate of drug-likeness (QED) is 0.0593. The number of nitrogens with zero attached hydrogens (tertiary/aromatic N) is 7. The first-order chi connectivity index (χ1) is 53.3. The van der Waals surface area contributed by atoms with E-state index in [1.54, 1.807) is 78.9 Å². The topological polar surface area (TPSA) is 324 Å². The number of ether oxygens (including phenoxy) is 1. The molecule has 2 aliphatic carbocycles. The summed E-state index contributed by atoms with van der Waals surface area (Å²) in [4.78, 5) is 70.2. The van der Waals surface area contributed by atoms with Gasteiger partial charge in [-0.2, -0.15) is 0 Å². The molecule has 8 aliphatic rings. The molecular formula is C83H84F2N12O8S8. The Kier molecular flexibility index (Phi) is 22.7. The molecule has 6 aliphatic heterocycles. The monoisotopic (exact) mass is 1670 g/mol. The summed E-state index contributed by atoms with van der Waals surface area (Å²) < 4.78 is 79.9. The van der Waals surface area contributed by atoms with Gasteiger partial charge in [-0.05, 0) is 230 Å². The number of halogens is 2. The Bertz CT molecular complexity index is 5530. The molecule has 11 heterocycles. The minimum atomic E-state index is -3.13. The summed E-state index contributed by atoms with van der Waals surface area (Å²) in [5, 5.41) is 8.25. The van der Waals surface area contributed by atoms with Crippen LogP contribution >= 0.6 is 69.3 Å². The van der Waals surface area contributed by atoms with Crippen molar-refractivity contribution < 1.29 is 44.7 Å². The van der Waals surface area contributed by atoms with Gasteiger partial charge in [-0.25, -0.2) is 40.4 Å². The van der Waals surface area contributed by atoms with Crippen LogP contribution in [0.4, 0.5) is 20.2 Å². The Morgan fingerprint density at radius 3 is 1.65 bits per heavy atom. The largest absolute Gasteiger partial charge is 0.459 e. The minimum absolute atomic E-state index is 0.00319. The summed E-state index contributed by atoms with van der Waals surface area (Å²) in [6.07, 6.45) is 10.1. The maximum Gasteiger partial charge on any atom is 0.283 e. The van der Waals surface area contributed by atoms with Crippen molar-refractivity contribution in [1.29, 1.82) is 0 Å². The third-order valence-corrected chi connectivity index (χ3v) is 33.6. The lowest BCUT2D eigenvalue weighted by Gasteiger charge is -2.51. The van der Waals surface area contributed by atoms with Gasteiger partial charge in [0.15, 0.2) is 35.2 Å². The minimum Gasteiger partial charge on any atom is -0.459 e. The second kappa shape index (κ2) is 31.3. The Morgan fingerprint density at radius 2 is 1.12 bits per heavy atom. The van der Waals surface area contributed by atoms with Crippen LogP contribution in [0.3, 0.4) is 0 Å². The number of hydrogen-bond donors (Lipinski definition) is 5. The number of amidine groups is 4. The number of amides is 1. The van der Waals surface area contributed by atoms with Gasteiger partial charge in [0.2, 0.25) is 5.69 Å². The van der Waals surface area contributed by atoms with Crippen molar-refractivity contribution >= 4 is 139 Å². The van der Waals surface area contributed by atoms with Gasteiger partial charge in [-0.1, -0.05) is 71.4 Å². The van der Waals surface area contributed by atoms with Crippen LogP contribution in [0.5, 0.6) is 0 Å². The van der Waals surface area contributed by atoms with Crippen LogP contribution in [0.15, 0.2) is 152 Å². The van der Waals surface area contributed by atoms with Crippen molar-refractivity contribution in [2.75, 3.05) is 28.3 Å². The summed E-state index contributed by atoms with van der Waals surface area (Å²) in [7, 11) is -6.09. The van der Waals surface area contributed by atoms with Crippen molar-refractivity contribution in [3.05, 3.63) is 198 Å². The highest BCUT2D eigenvalue weighted by molar-refractivity contribution is 8.17. The summed E-state index contributed by atoms with van der Waals surface area (Å²) >= 11 is 9.32. The molecule has 0 bridgehead atoms. The molecule has 1 amide bonds. The number of nitrogens with two attached hydrogens (primary N) is 4. The summed E-state index contributed by atoms with van der Waals surface area (Å²) in [6.45, 7) is 24.3. The fourth-order valence-electron chi connectivity index (χ4n) is 16.8. The second-order valence-corrected chi connectivity index (χ2v) is 42.7. The molecule has 16 rings (SSSR count). The first-order valence-corrected chi connectivity index (χ1v) is 45.0. The number of hydrogen-bond acceptors (Lipinski definition) is 24. The number of thioether (sulfide) groups is 3. The third kappa shape index (κ3) is 17.9. The van der Waals surface area contributed by atoms with Gasteiger partial charge in [0, 0.05) is 77.3 Å². The molecule has 4 atom stereocenters. The number of aromatic nitrogens is 2. The third-order valence-electron chi connectivity index (χ3n) is 21.4. The predicted molar refractivity (Wildman–Crippen MR) is 455 cm³/mol. The van der Waals surface area contributed by atoms with E-state index in [1.807, 2.05) is 58.0 Å². The van der Waals surface area contributed by atoms with Crippen molar-refractivity contribution in [3.63, 3.8) is 0 Å². The zero-order chi connectivity index (χ0) is 81.1. The van der Waals surface area contributed by atoms with Gasteiger partial charge < -0.3 is 33.0 Å². The number of anilines is 1. The van der Waals surface area contributed by atoms with E-state index in [-0.39, 0.29) is 83.7 Å². The summed E-state index contributed by atoms with van der Waals surface area (Å²) in [5.41, 5.74) is 31.3. The molecular weight excluding hydrogens is 1590 g/mol. The van der Waals surface area contributed by atoms with E-state index in [4.69, 9.17) is 44.2 Å². The fraction of sp³-hybridized carbons (Fsp3) is 0.373. The number of nitrogens with one attached hydrogen (secondary N) is 1. The van der Waals surface area contributed by atoms with Crippen molar-refractivity contribution in [1.82, 2.24) is 9.97 Å². The second-order valence-electron chi connectivity index (χ2n) is 31.2. The van der Waals surface area contributed by atoms with E-state index in [2.05, 4.69) is 121 Å². The van der Waals surface area contributed by atoms with E-state index in [0.29, 0.717) is 40.3 Å². The number of rotatable bonds is 11. The first kappa shape index (κ1) is 82.0. The van der Waals surface area contributed by atoms with Crippen LogP contribution in [0.2, 0.25) is 0 Å². The zero-order valence-corrected chi connectivity index (χ0v) is 70.1. The molecule has 4 spiro atoms. The van der Waals surface area contributed by atoms with Crippen LogP contribution in [0, 0.1) is 60.6 Å². The number of carbonyl (C=O) groups is 3. The number of pyridine rings is 2. The lowest BCUT2D eigenvalue weighted by Crippen LogP contribution is -2.58. The maximum atomic E-state index is 14.8. The van der Waals surface area contributed by atoms with Gasteiger partial charge in [0.25, 0.3) is 11.9 Å². The van der Waals surface area contributed by atoms with E-state index in [0.717, 1.165) is 98.8 Å². The Balaban J connectivity index is 0.000000132. The Hall–Kier alpha value is -9.03. The fourth-order valence-corrected chi connectivity index (χ4v) is 30.3. The lowest BCUT2D eigenvalue weighted by molar-refractivity contribution is -0.140. The average Bonchev–Trinajstić information content (AvgIpc) is 1.73. The van der Waals surface area contributed by atoms with Crippen LogP contribution < -0.4 is 28.3 Å². The molecule has 3 aromatic carbocycles. The number of thiophene rings is 3. The first-order valence-electron chi connectivity index (χ1n) is 36.3. The van der Waals surface area contributed by atoms with Crippen LogP contribution in [-0.2, 0) is 56.2 Å². The molecule has 113 heavy (non-hydrogen) atoms. The van der Waals surface area contributed by atoms with Gasteiger partial charge in [0.05, 0.1) is 61.9 Å². The van der Waals surface area contributed by atoms with Gasteiger partial charge in [-0.3, -0.25) is 34.3 Å². The zero-order valence-electron chi connectivity index (χ0n) is 63.6. The molecule has 4 fully saturated rings. The average molecular weight is 1670 g/mol. The Labute approximate surface area is 681 Å². The normalized spacial score (nSPS) is 24.0. The molecule has 30 heteroatoms. The number of aliphatic imine (C=N–C) groups is 4. The number of Topliss-reactive ketones (excluding diaryl/α,β-unsaturated/α-hetero) is 2. The van der Waals surface area contributed by atoms with Gasteiger partial charge >= 0.3 is 0 Å².